The molecule has 31 heavy (non-hydrogen) atoms. The molecule has 0 unspecified atom stereocenters. The lowest BCUT2D eigenvalue weighted by Crippen LogP contribution is -2.44. The predicted molar refractivity (Wildman–Crippen MR) is 121 cm³/mol. The largest absolute Gasteiger partial charge is 0.496 e. The third kappa shape index (κ3) is 3.59. The summed E-state index contributed by atoms with van der Waals surface area (Å²) < 4.78 is 19.4. The van der Waals surface area contributed by atoms with Gasteiger partial charge in [-0.05, 0) is 54.4 Å². The summed E-state index contributed by atoms with van der Waals surface area (Å²) in [7, 11) is 1.63. The average molecular weight is 414 g/mol. The van der Waals surface area contributed by atoms with Gasteiger partial charge >= 0.3 is 0 Å². The van der Waals surface area contributed by atoms with Crippen LogP contribution in [-0.4, -0.2) is 30.2 Å². The van der Waals surface area contributed by atoms with Crippen LogP contribution in [-0.2, 0) is 6.54 Å². The second-order valence-electron chi connectivity index (χ2n) is 7.40. The normalized spacial score (nSPS) is 12.8. The number of halogens is 1. The number of nitrogens with zero attached hydrogens (tertiary/aromatic N) is 4. The van der Waals surface area contributed by atoms with E-state index >= 15 is 0 Å². The zero-order chi connectivity index (χ0) is 21.4. The van der Waals surface area contributed by atoms with E-state index in [1.165, 1.54) is 6.07 Å². The number of aromatic nitrogens is 2. The van der Waals surface area contributed by atoms with Crippen molar-refractivity contribution in [1.82, 2.24) is 10.2 Å². The molecular weight excluding hydrogens is 393 g/mol. The van der Waals surface area contributed by atoms with E-state index in [1.807, 2.05) is 36.5 Å². The number of hydrogen-bond acceptors (Lipinski definition) is 5. The first kappa shape index (κ1) is 19.1. The van der Waals surface area contributed by atoms with E-state index in [9.17, 15) is 4.39 Å². The van der Waals surface area contributed by atoms with Gasteiger partial charge in [-0.2, -0.15) is 5.10 Å². The van der Waals surface area contributed by atoms with Crippen molar-refractivity contribution in [3.8, 4) is 5.75 Å². The van der Waals surface area contributed by atoms with Crippen LogP contribution >= 0.6 is 0 Å². The van der Waals surface area contributed by atoms with E-state index in [2.05, 4.69) is 38.2 Å². The number of hydrazine groups is 1. The first-order valence-corrected chi connectivity index (χ1v) is 9.89. The van der Waals surface area contributed by atoms with Gasteiger partial charge in [-0.3, -0.25) is 20.1 Å². The van der Waals surface area contributed by atoms with Gasteiger partial charge in [0.15, 0.2) is 0 Å². The van der Waals surface area contributed by atoms with Crippen molar-refractivity contribution in [3.05, 3.63) is 90.2 Å². The molecule has 6 nitrogen and oxygen atoms in total. The molecule has 0 saturated heterocycles. The van der Waals surface area contributed by atoms with Gasteiger partial charge in [-0.25, -0.2) is 4.39 Å². The third-order valence-corrected chi connectivity index (χ3v) is 5.39. The van der Waals surface area contributed by atoms with Crippen molar-refractivity contribution in [3.63, 3.8) is 0 Å². The summed E-state index contributed by atoms with van der Waals surface area (Å²) in [6.45, 7) is 4.95. The van der Waals surface area contributed by atoms with Crippen LogP contribution in [0.1, 0.15) is 16.7 Å². The number of aliphatic imine (C=N–C) groups is 1. The highest BCUT2D eigenvalue weighted by Gasteiger charge is 2.24. The molecule has 1 radical (unpaired) electrons. The third-order valence-electron chi connectivity index (χ3n) is 5.39. The molecule has 0 atom stereocenters. The summed E-state index contributed by atoms with van der Waals surface area (Å²) in [4.78, 5) is 4.55. The summed E-state index contributed by atoms with van der Waals surface area (Å²) in [6, 6.07) is 16.6. The maximum atomic E-state index is 13.9. The Morgan fingerprint density at radius 2 is 2.10 bits per heavy atom. The van der Waals surface area contributed by atoms with Crippen molar-refractivity contribution in [2.24, 2.45) is 4.99 Å². The fourth-order valence-electron chi connectivity index (χ4n) is 3.86. The number of H-pyrrole nitrogens is 1. The van der Waals surface area contributed by atoms with Crippen molar-refractivity contribution in [2.75, 3.05) is 23.8 Å². The number of rotatable bonds is 5. The number of hydrogen-bond donors (Lipinski definition) is 1. The molecule has 155 valence electrons. The van der Waals surface area contributed by atoms with Crippen LogP contribution in [0.5, 0.6) is 5.75 Å². The first-order valence-electron chi connectivity index (χ1n) is 9.89. The Morgan fingerprint density at radius 3 is 2.94 bits per heavy atom. The van der Waals surface area contributed by atoms with Gasteiger partial charge in [0, 0.05) is 23.2 Å². The van der Waals surface area contributed by atoms with Gasteiger partial charge in [0.1, 0.15) is 18.2 Å². The van der Waals surface area contributed by atoms with E-state index < -0.39 is 0 Å². The fourth-order valence-corrected chi connectivity index (χ4v) is 3.86. The Bertz CT molecular complexity index is 1280. The molecule has 0 saturated carbocycles. The molecule has 1 aromatic heterocycles. The molecule has 4 aromatic rings. The Kier molecular flexibility index (Phi) is 4.78. The van der Waals surface area contributed by atoms with Crippen LogP contribution in [0.2, 0.25) is 0 Å². The van der Waals surface area contributed by atoms with Crippen LogP contribution in [0.15, 0.2) is 65.8 Å². The van der Waals surface area contributed by atoms with E-state index in [1.54, 1.807) is 25.4 Å². The monoisotopic (exact) mass is 414 g/mol. The molecule has 1 aliphatic rings. The summed E-state index contributed by atoms with van der Waals surface area (Å²) >= 11 is 0. The minimum atomic E-state index is -0.261. The van der Waals surface area contributed by atoms with Crippen molar-refractivity contribution < 1.29 is 9.13 Å². The van der Waals surface area contributed by atoms with Gasteiger partial charge in [-0.15, -0.1) is 0 Å². The number of ether oxygens (including phenoxy) is 1. The molecule has 0 bridgehead atoms. The standard InChI is InChI=1S/C24H21FN5O/c1-16-8-19-12-26-15-30(23(19)11-24(16)31-2)29(14-17-4-3-5-20(25)9-17)21-6-7-22-18(10-21)13-27-28-22/h3-13H,1,14-15H2,2H3,(H,27,28). The molecule has 0 fully saturated rings. The number of benzene rings is 3. The zero-order valence-corrected chi connectivity index (χ0v) is 17.0. The molecule has 1 aliphatic heterocycles. The van der Waals surface area contributed by atoms with E-state index in [-0.39, 0.29) is 5.82 Å². The number of methoxy groups -OCH3 is 1. The topological polar surface area (TPSA) is 56.8 Å². The van der Waals surface area contributed by atoms with E-state index in [0.717, 1.165) is 39.0 Å². The van der Waals surface area contributed by atoms with Crippen LogP contribution in [0.3, 0.4) is 0 Å². The van der Waals surface area contributed by atoms with E-state index in [0.29, 0.717) is 19.0 Å². The predicted octanol–water partition coefficient (Wildman–Crippen LogP) is 4.71. The lowest BCUT2D eigenvalue weighted by molar-refractivity contribution is 0.413. The lowest BCUT2D eigenvalue weighted by Gasteiger charge is -2.39. The molecular formula is C24H21FN5O. The quantitative estimate of drug-likeness (QED) is 0.514. The van der Waals surface area contributed by atoms with Crippen LogP contribution in [0.4, 0.5) is 15.8 Å². The van der Waals surface area contributed by atoms with E-state index in [4.69, 9.17) is 4.74 Å². The van der Waals surface area contributed by atoms with Crippen LogP contribution < -0.4 is 14.8 Å². The minimum Gasteiger partial charge on any atom is -0.496 e. The average Bonchev–Trinajstić information content (AvgIpc) is 3.24. The first-order chi connectivity index (χ1) is 15.1. The number of fused-ring (bicyclic) bond motifs is 2. The SMILES string of the molecule is [CH2]c1cc2c(cc1OC)N(N(Cc1cccc(F)c1)c1ccc3[nH]ncc3c1)CN=C2. The fraction of sp³-hybridized carbons (Fsp3) is 0.125. The summed E-state index contributed by atoms with van der Waals surface area (Å²) in [5.41, 5.74) is 5.44. The Morgan fingerprint density at radius 1 is 1.19 bits per heavy atom. The number of aromatic amines is 1. The highest BCUT2D eigenvalue weighted by Crippen LogP contribution is 2.34. The van der Waals surface area contributed by atoms with Crippen molar-refractivity contribution >= 4 is 28.5 Å². The molecule has 1 N–H and O–H groups in total. The Labute approximate surface area is 179 Å². The summed E-state index contributed by atoms with van der Waals surface area (Å²) in [5.74, 6) is 0.443. The molecule has 5 rings (SSSR count). The molecule has 0 aliphatic carbocycles. The van der Waals surface area contributed by atoms with Gasteiger partial charge in [-0.1, -0.05) is 12.1 Å². The zero-order valence-electron chi connectivity index (χ0n) is 17.0. The lowest BCUT2D eigenvalue weighted by atomic mass is 10.1. The van der Waals surface area contributed by atoms with Crippen molar-refractivity contribution in [1.29, 1.82) is 0 Å². The number of nitrogens with one attached hydrogen (secondary N) is 1. The minimum absolute atomic E-state index is 0.261. The maximum absolute atomic E-state index is 13.9. The van der Waals surface area contributed by atoms with Gasteiger partial charge < -0.3 is 4.74 Å². The van der Waals surface area contributed by atoms with Crippen LogP contribution in [0, 0.1) is 12.7 Å². The van der Waals surface area contributed by atoms with Crippen LogP contribution in [0.25, 0.3) is 10.9 Å². The van der Waals surface area contributed by atoms with Gasteiger partial charge in [0.05, 0.1) is 36.7 Å². The molecule has 3 aromatic carbocycles. The summed E-state index contributed by atoms with van der Waals surface area (Å²) in [6.07, 6.45) is 3.64. The summed E-state index contributed by atoms with van der Waals surface area (Å²) in [5, 5.41) is 12.3. The Balaban J connectivity index is 1.63. The number of anilines is 2. The van der Waals surface area contributed by atoms with Crippen molar-refractivity contribution in [2.45, 2.75) is 6.54 Å². The maximum Gasteiger partial charge on any atom is 0.130 e. The second kappa shape index (κ2) is 7.75. The molecule has 2 heterocycles. The second-order valence-corrected chi connectivity index (χ2v) is 7.40. The Hall–Kier alpha value is -3.87. The van der Waals surface area contributed by atoms with Gasteiger partial charge in [0.2, 0.25) is 0 Å². The van der Waals surface area contributed by atoms with Gasteiger partial charge in [0.25, 0.3) is 0 Å². The molecule has 0 amide bonds. The molecule has 0 spiro atoms. The molecule has 7 heteroatoms. The highest BCUT2D eigenvalue weighted by molar-refractivity contribution is 5.92. The highest BCUT2D eigenvalue weighted by atomic mass is 19.1. The smallest absolute Gasteiger partial charge is 0.130 e.